The molecule has 1 aliphatic rings. The first kappa shape index (κ1) is 21.7. The van der Waals surface area contributed by atoms with Gasteiger partial charge >= 0.3 is 0 Å². The summed E-state index contributed by atoms with van der Waals surface area (Å²) in [6, 6.07) is 5.92. The van der Waals surface area contributed by atoms with Crippen LogP contribution in [0.1, 0.15) is 51.0 Å². The highest BCUT2D eigenvalue weighted by Crippen LogP contribution is 2.28. The molecule has 2 aromatic rings. The van der Waals surface area contributed by atoms with Crippen molar-refractivity contribution < 1.29 is 0 Å². The molecule has 0 spiro atoms. The van der Waals surface area contributed by atoms with Crippen molar-refractivity contribution in [1.82, 2.24) is 25.4 Å². The van der Waals surface area contributed by atoms with Crippen LogP contribution in [-0.2, 0) is 6.54 Å². The molecule has 2 heterocycles. The fourth-order valence-corrected chi connectivity index (χ4v) is 3.50. The number of pyridine rings is 1. The van der Waals surface area contributed by atoms with Crippen LogP contribution < -0.4 is 10.6 Å². The van der Waals surface area contributed by atoms with Gasteiger partial charge in [0.25, 0.3) is 0 Å². The highest BCUT2D eigenvalue weighted by atomic mass is 127. The average Bonchev–Trinajstić information content (AvgIpc) is 3.37. The number of nitrogens with zero attached hydrogens (tertiary/aromatic N) is 4. The Morgan fingerprint density at radius 1 is 1.26 bits per heavy atom. The molecule has 7 heteroatoms. The quantitative estimate of drug-likeness (QED) is 0.259. The molecule has 148 valence electrons. The minimum absolute atomic E-state index is 0. The number of aliphatic imine (C=N–C) groups is 1. The topological polar surface area (TPSA) is 67.1 Å². The molecule has 0 amide bonds. The third-order valence-electron chi connectivity index (χ3n) is 4.87. The third-order valence-corrected chi connectivity index (χ3v) is 4.87. The number of halogens is 1. The molecule has 2 N–H and O–H groups in total. The minimum atomic E-state index is 0. The van der Waals surface area contributed by atoms with Gasteiger partial charge in [-0.15, -0.1) is 24.0 Å². The second kappa shape index (κ2) is 11.9. The van der Waals surface area contributed by atoms with E-state index in [-0.39, 0.29) is 24.0 Å². The van der Waals surface area contributed by atoms with Gasteiger partial charge in [0.15, 0.2) is 11.8 Å². The monoisotopic (exact) mass is 482 g/mol. The maximum Gasteiger partial charge on any atom is 0.191 e. The predicted octanol–water partition coefficient (Wildman–Crippen LogP) is 3.91. The zero-order valence-corrected chi connectivity index (χ0v) is 18.4. The Morgan fingerprint density at radius 2 is 2.11 bits per heavy atom. The Balaban J connectivity index is 0.00000261. The first-order valence-corrected chi connectivity index (χ1v) is 9.82. The number of hydrogen-bond acceptors (Lipinski definition) is 3. The van der Waals surface area contributed by atoms with Crippen molar-refractivity contribution in [2.75, 3.05) is 13.1 Å². The van der Waals surface area contributed by atoms with Crippen molar-refractivity contribution in [3.63, 3.8) is 0 Å². The molecule has 0 unspecified atom stereocenters. The number of nitrogens with one attached hydrogen (secondary N) is 2. The normalized spacial score (nSPS) is 14.8. The molecule has 3 rings (SSSR count). The van der Waals surface area contributed by atoms with Gasteiger partial charge in [-0.2, -0.15) is 5.10 Å². The van der Waals surface area contributed by atoms with Crippen LogP contribution in [0.2, 0.25) is 0 Å². The van der Waals surface area contributed by atoms with E-state index in [4.69, 9.17) is 4.99 Å². The molecule has 0 saturated heterocycles. The maximum atomic E-state index is 4.71. The minimum Gasteiger partial charge on any atom is -0.357 e. The SMILES string of the molecule is CCNC(=NCc1ccnc(-n2cccn2)c1)NCCCC1CCCC1.I. The lowest BCUT2D eigenvalue weighted by Gasteiger charge is -2.13. The second-order valence-electron chi connectivity index (χ2n) is 6.89. The molecule has 0 atom stereocenters. The lowest BCUT2D eigenvalue weighted by molar-refractivity contribution is 0.481. The summed E-state index contributed by atoms with van der Waals surface area (Å²) in [5.74, 6) is 2.66. The molecule has 0 bridgehead atoms. The highest BCUT2D eigenvalue weighted by molar-refractivity contribution is 14.0. The van der Waals surface area contributed by atoms with Gasteiger partial charge in [0.1, 0.15) is 0 Å². The van der Waals surface area contributed by atoms with E-state index in [1.54, 1.807) is 10.9 Å². The molecule has 2 aromatic heterocycles. The van der Waals surface area contributed by atoms with Gasteiger partial charge in [-0.25, -0.2) is 14.7 Å². The Kier molecular flexibility index (Phi) is 9.58. The first-order chi connectivity index (χ1) is 12.8. The van der Waals surface area contributed by atoms with Crippen molar-refractivity contribution in [3.8, 4) is 5.82 Å². The summed E-state index contributed by atoms with van der Waals surface area (Å²) in [7, 11) is 0. The van der Waals surface area contributed by atoms with Crippen LogP contribution in [0, 0.1) is 5.92 Å². The summed E-state index contributed by atoms with van der Waals surface area (Å²) in [6.07, 6.45) is 13.7. The van der Waals surface area contributed by atoms with Crippen molar-refractivity contribution in [2.24, 2.45) is 10.9 Å². The fraction of sp³-hybridized carbons (Fsp3) is 0.550. The van der Waals surface area contributed by atoms with Crippen molar-refractivity contribution >= 4 is 29.9 Å². The van der Waals surface area contributed by atoms with E-state index in [9.17, 15) is 0 Å². The largest absolute Gasteiger partial charge is 0.357 e. The zero-order valence-electron chi connectivity index (χ0n) is 16.1. The average molecular weight is 482 g/mol. The molecule has 1 saturated carbocycles. The van der Waals surface area contributed by atoms with Gasteiger partial charge in [0, 0.05) is 31.7 Å². The van der Waals surface area contributed by atoms with E-state index >= 15 is 0 Å². The van der Waals surface area contributed by atoms with Crippen LogP contribution >= 0.6 is 24.0 Å². The summed E-state index contributed by atoms with van der Waals surface area (Å²) in [4.78, 5) is 9.08. The summed E-state index contributed by atoms with van der Waals surface area (Å²) < 4.78 is 1.76. The van der Waals surface area contributed by atoms with Crippen LogP contribution in [0.15, 0.2) is 41.8 Å². The zero-order chi connectivity index (χ0) is 18.0. The Labute approximate surface area is 179 Å². The standard InChI is InChI=1S/C20H30N6.HI/c1-2-21-20(23-11-5-9-17-7-3-4-8-17)24-16-18-10-13-22-19(15-18)26-14-6-12-25-26;/h6,10,12-15,17H,2-5,7-9,11,16H2,1H3,(H2,21,23,24);1H. The summed E-state index contributed by atoms with van der Waals surface area (Å²) in [5, 5.41) is 11.0. The van der Waals surface area contributed by atoms with Gasteiger partial charge in [-0.1, -0.05) is 25.7 Å². The molecule has 0 radical (unpaired) electrons. The molecular weight excluding hydrogens is 451 g/mol. The van der Waals surface area contributed by atoms with E-state index in [0.29, 0.717) is 6.54 Å². The van der Waals surface area contributed by atoms with E-state index in [1.165, 1.54) is 38.5 Å². The van der Waals surface area contributed by atoms with E-state index in [2.05, 4.69) is 27.6 Å². The highest BCUT2D eigenvalue weighted by Gasteiger charge is 2.14. The van der Waals surface area contributed by atoms with Gasteiger partial charge in [-0.3, -0.25) is 0 Å². The van der Waals surface area contributed by atoms with Gasteiger partial charge in [0.2, 0.25) is 0 Å². The maximum absolute atomic E-state index is 4.71. The summed E-state index contributed by atoms with van der Waals surface area (Å²) in [5.41, 5.74) is 1.12. The first-order valence-electron chi connectivity index (χ1n) is 9.82. The molecule has 27 heavy (non-hydrogen) atoms. The molecule has 6 nitrogen and oxygen atoms in total. The number of rotatable bonds is 8. The molecule has 0 aromatic carbocycles. The van der Waals surface area contributed by atoms with Gasteiger partial charge in [0.05, 0.1) is 6.54 Å². The number of aromatic nitrogens is 3. The number of guanidine groups is 1. The Morgan fingerprint density at radius 3 is 2.85 bits per heavy atom. The number of hydrogen-bond donors (Lipinski definition) is 2. The molecule has 1 aliphatic carbocycles. The van der Waals surface area contributed by atoms with Crippen molar-refractivity contribution in [3.05, 3.63) is 42.4 Å². The lowest BCUT2D eigenvalue weighted by atomic mass is 10.0. The van der Waals surface area contributed by atoms with Crippen LogP contribution in [-0.4, -0.2) is 33.8 Å². The molecular formula is C20H31IN6. The third kappa shape index (κ3) is 7.12. The van der Waals surface area contributed by atoms with Crippen LogP contribution in [0.3, 0.4) is 0 Å². The van der Waals surface area contributed by atoms with Crippen molar-refractivity contribution in [2.45, 2.75) is 52.0 Å². The van der Waals surface area contributed by atoms with Crippen LogP contribution in [0.25, 0.3) is 5.82 Å². The lowest BCUT2D eigenvalue weighted by Crippen LogP contribution is -2.37. The molecule has 1 fully saturated rings. The summed E-state index contributed by atoms with van der Waals surface area (Å²) in [6.45, 7) is 4.56. The van der Waals surface area contributed by atoms with E-state index in [0.717, 1.165) is 36.3 Å². The van der Waals surface area contributed by atoms with E-state index in [1.807, 2.05) is 30.6 Å². The molecule has 0 aliphatic heterocycles. The fourth-order valence-electron chi connectivity index (χ4n) is 3.50. The van der Waals surface area contributed by atoms with Crippen LogP contribution in [0.5, 0.6) is 0 Å². The summed E-state index contributed by atoms with van der Waals surface area (Å²) >= 11 is 0. The van der Waals surface area contributed by atoms with Gasteiger partial charge in [-0.05, 0) is 49.4 Å². The smallest absolute Gasteiger partial charge is 0.191 e. The van der Waals surface area contributed by atoms with Crippen molar-refractivity contribution in [1.29, 1.82) is 0 Å². The Hall–Kier alpha value is -1.64. The Bertz CT molecular complexity index is 680. The predicted molar refractivity (Wildman–Crippen MR) is 121 cm³/mol. The second-order valence-corrected chi connectivity index (χ2v) is 6.89. The van der Waals surface area contributed by atoms with Gasteiger partial charge < -0.3 is 10.6 Å². The van der Waals surface area contributed by atoms with E-state index < -0.39 is 0 Å². The van der Waals surface area contributed by atoms with Crippen LogP contribution in [0.4, 0.5) is 0 Å².